The van der Waals surface area contributed by atoms with Gasteiger partial charge in [0.05, 0.1) is 5.69 Å². The number of aromatic nitrogens is 1. The Morgan fingerprint density at radius 3 is 2.32 bits per heavy atom. The van der Waals surface area contributed by atoms with Crippen LogP contribution in [0.4, 0.5) is 8.63 Å². The molecule has 100 valence electrons. The molecule has 1 aliphatic heterocycles. The Morgan fingerprint density at radius 2 is 1.84 bits per heavy atom. The van der Waals surface area contributed by atoms with Gasteiger partial charge in [0.1, 0.15) is 0 Å². The molecule has 0 unspecified atom stereocenters. The van der Waals surface area contributed by atoms with E-state index in [1.54, 1.807) is 13.0 Å². The Kier molecular flexibility index (Phi) is 3.48. The summed E-state index contributed by atoms with van der Waals surface area (Å²) in [5.74, 6) is 0. The molecule has 1 aromatic rings. The predicted octanol–water partition coefficient (Wildman–Crippen LogP) is 3.34. The maximum atomic E-state index is 13.1. The fraction of sp³-hybridized carbons (Fsp3) is 0.357. The van der Waals surface area contributed by atoms with E-state index in [0.717, 1.165) is 27.0 Å². The molecule has 1 aromatic heterocycles. The summed E-state index contributed by atoms with van der Waals surface area (Å²) in [5.41, 5.74) is 5.23. The first-order chi connectivity index (χ1) is 8.82. The minimum atomic E-state index is -2.51. The lowest BCUT2D eigenvalue weighted by atomic mass is 10.1. The van der Waals surface area contributed by atoms with Crippen LogP contribution in [0.15, 0.2) is 23.4 Å². The predicted molar refractivity (Wildman–Crippen MR) is 75.5 cm³/mol. The smallest absolute Gasteiger partial charge is 0.348 e. The van der Waals surface area contributed by atoms with Crippen LogP contribution in [0.2, 0.25) is 0 Å². The summed E-state index contributed by atoms with van der Waals surface area (Å²) in [4.78, 5) is 0. The molecule has 2 nitrogen and oxygen atoms in total. The fourth-order valence-electron chi connectivity index (χ4n) is 2.56. The molecule has 0 aromatic carbocycles. The number of nitrogens with zero attached hydrogens (tertiary/aromatic N) is 2. The maximum absolute atomic E-state index is 13.1. The van der Waals surface area contributed by atoms with E-state index in [1.165, 1.54) is 0 Å². The third-order valence-electron chi connectivity index (χ3n) is 3.66. The summed E-state index contributed by atoms with van der Waals surface area (Å²) in [6.07, 6.45) is 3.64. The van der Waals surface area contributed by atoms with Gasteiger partial charge in [-0.1, -0.05) is 0 Å². The fourth-order valence-corrected chi connectivity index (χ4v) is 2.56. The van der Waals surface area contributed by atoms with Gasteiger partial charge in [0.15, 0.2) is 11.4 Å². The van der Waals surface area contributed by atoms with Gasteiger partial charge in [0.25, 0.3) is 0 Å². The third-order valence-corrected chi connectivity index (χ3v) is 3.66. The molecule has 2 heterocycles. The van der Waals surface area contributed by atoms with E-state index in [-0.39, 0.29) is 0 Å². The third kappa shape index (κ3) is 2.29. The zero-order valence-corrected chi connectivity index (χ0v) is 12.0. The molecule has 0 aliphatic carbocycles. The van der Waals surface area contributed by atoms with Gasteiger partial charge in [-0.05, 0) is 32.4 Å². The largest absolute Gasteiger partial charge is 0.934 e. The lowest BCUT2D eigenvalue weighted by Gasteiger charge is -2.04. The first kappa shape index (κ1) is 13.8. The zero-order chi connectivity index (χ0) is 14.3. The monoisotopic (exact) mass is 263 g/mol. The molecule has 0 fully saturated rings. The molecular formula is C14H18BF2N2+. The Bertz CT molecular complexity index is 622. The molecule has 2 rings (SSSR count). The average molecular weight is 263 g/mol. The normalized spacial score (nSPS) is 17.4. The van der Waals surface area contributed by atoms with Crippen molar-refractivity contribution in [1.29, 1.82) is 0 Å². The molecule has 0 N–H and O–H groups in total. The van der Waals surface area contributed by atoms with Gasteiger partial charge in [-0.25, -0.2) is 13.1 Å². The van der Waals surface area contributed by atoms with Crippen molar-refractivity contribution in [2.45, 2.75) is 27.7 Å². The molecular weight excluding hydrogens is 245 g/mol. The van der Waals surface area contributed by atoms with Crippen LogP contribution in [0.1, 0.15) is 30.8 Å². The topological polar surface area (TPSA) is 7.94 Å². The number of halogens is 2. The molecule has 1 aliphatic rings. The summed E-state index contributed by atoms with van der Waals surface area (Å²) < 4.78 is 29.4. The molecule has 0 atom stereocenters. The summed E-state index contributed by atoms with van der Waals surface area (Å²) >= 11 is 0. The van der Waals surface area contributed by atoms with E-state index in [1.807, 2.05) is 38.5 Å². The van der Waals surface area contributed by atoms with E-state index >= 15 is 0 Å². The van der Waals surface area contributed by atoms with Crippen molar-refractivity contribution in [2.75, 3.05) is 0 Å². The second-order valence-corrected chi connectivity index (χ2v) is 5.06. The summed E-state index contributed by atoms with van der Waals surface area (Å²) in [5, 5.41) is 0. The Morgan fingerprint density at radius 1 is 1.21 bits per heavy atom. The van der Waals surface area contributed by atoms with E-state index < -0.39 is 7.40 Å². The van der Waals surface area contributed by atoms with Gasteiger partial charge in [0, 0.05) is 37.4 Å². The van der Waals surface area contributed by atoms with Gasteiger partial charge in [0.2, 0.25) is 0 Å². The number of allylic oxidation sites excluding steroid dienone is 2. The van der Waals surface area contributed by atoms with Crippen LogP contribution >= 0.6 is 0 Å². The van der Waals surface area contributed by atoms with E-state index in [4.69, 9.17) is 0 Å². The summed E-state index contributed by atoms with van der Waals surface area (Å²) in [6, 6.07) is 2.06. The molecule has 0 saturated heterocycles. The second-order valence-electron chi connectivity index (χ2n) is 5.06. The molecule has 0 amide bonds. The molecule has 0 bridgehead atoms. The number of hydrogen-bond acceptors (Lipinski definition) is 0. The van der Waals surface area contributed by atoms with Crippen molar-refractivity contribution in [2.24, 2.45) is 7.05 Å². The van der Waals surface area contributed by atoms with Crippen LogP contribution < -0.4 is 0 Å². The van der Waals surface area contributed by atoms with Gasteiger partial charge < -0.3 is 4.57 Å². The van der Waals surface area contributed by atoms with Gasteiger partial charge in [-0.15, -0.1) is 0 Å². The van der Waals surface area contributed by atoms with Crippen molar-refractivity contribution < 1.29 is 13.1 Å². The SMILES string of the molecule is CC1=CC(C)=[N+](B(F)F)/C1=C\c1c(C)cc(C)n1C. The lowest BCUT2D eigenvalue weighted by Crippen LogP contribution is -2.23. The highest BCUT2D eigenvalue weighted by Crippen LogP contribution is 2.25. The molecule has 0 radical (unpaired) electrons. The molecule has 0 spiro atoms. The number of rotatable bonds is 2. The van der Waals surface area contributed by atoms with Crippen LogP contribution in [0.3, 0.4) is 0 Å². The van der Waals surface area contributed by atoms with E-state index in [9.17, 15) is 8.63 Å². The van der Waals surface area contributed by atoms with Gasteiger partial charge >= 0.3 is 7.40 Å². The maximum Gasteiger partial charge on any atom is 0.934 e. The summed E-state index contributed by atoms with van der Waals surface area (Å²) in [6.45, 7) is 7.58. The Balaban J connectivity index is 2.57. The van der Waals surface area contributed by atoms with Crippen LogP contribution in [-0.2, 0) is 7.05 Å². The second kappa shape index (κ2) is 4.80. The van der Waals surface area contributed by atoms with Crippen LogP contribution in [-0.4, -0.2) is 22.2 Å². The van der Waals surface area contributed by atoms with Crippen molar-refractivity contribution in [1.82, 2.24) is 4.57 Å². The standard InChI is InChI=1S/C14H18BF2N2/c1-9-6-11(3)18(5)13(9)8-14-10(2)7-12(4)19(14)15(16)17/h6-8H,1-5H3/q+1. The molecule has 0 saturated carbocycles. The van der Waals surface area contributed by atoms with E-state index in [0.29, 0.717) is 11.4 Å². The highest BCUT2D eigenvalue weighted by Gasteiger charge is 2.42. The van der Waals surface area contributed by atoms with E-state index in [2.05, 4.69) is 6.07 Å². The number of aryl methyl sites for hydroxylation is 2. The molecule has 19 heavy (non-hydrogen) atoms. The van der Waals surface area contributed by atoms with Crippen molar-refractivity contribution in [3.05, 3.63) is 40.4 Å². The first-order valence-electron chi connectivity index (χ1n) is 6.27. The van der Waals surface area contributed by atoms with Gasteiger partial charge in [-0.3, -0.25) is 0 Å². The minimum Gasteiger partial charge on any atom is -0.348 e. The Labute approximate surface area is 112 Å². The first-order valence-corrected chi connectivity index (χ1v) is 6.27. The quantitative estimate of drug-likeness (QED) is 0.723. The highest BCUT2D eigenvalue weighted by atomic mass is 19.2. The average Bonchev–Trinajstić information content (AvgIpc) is 2.70. The van der Waals surface area contributed by atoms with Crippen LogP contribution in [0.5, 0.6) is 0 Å². The number of hydrogen-bond donors (Lipinski definition) is 0. The summed E-state index contributed by atoms with van der Waals surface area (Å²) in [7, 11) is -0.562. The minimum absolute atomic E-state index is 0.580. The zero-order valence-electron chi connectivity index (χ0n) is 12.0. The van der Waals surface area contributed by atoms with Crippen LogP contribution in [0, 0.1) is 13.8 Å². The van der Waals surface area contributed by atoms with Crippen molar-refractivity contribution in [3.63, 3.8) is 0 Å². The van der Waals surface area contributed by atoms with Crippen LogP contribution in [0.25, 0.3) is 6.08 Å². The van der Waals surface area contributed by atoms with Crippen molar-refractivity contribution in [3.8, 4) is 0 Å². The Hall–Kier alpha value is -1.65. The highest BCUT2D eigenvalue weighted by molar-refractivity contribution is 6.35. The molecule has 5 heteroatoms. The lowest BCUT2D eigenvalue weighted by molar-refractivity contribution is -0.342. The van der Waals surface area contributed by atoms with Crippen molar-refractivity contribution >= 4 is 19.2 Å². The van der Waals surface area contributed by atoms with Gasteiger partial charge in [-0.2, -0.15) is 0 Å².